The second-order valence-corrected chi connectivity index (χ2v) is 15.5. The number of nitrogens with two attached hydrogens (primary N) is 5. The van der Waals surface area contributed by atoms with Crippen molar-refractivity contribution in [3.05, 3.63) is 0 Å². The summed E-state index contributed by atoms with van der Waals surface area (Å²) in [4.78, 5) is 100.0. The molecule has 0 spiro atoms. The number of carboxylic acids is 1. The molecule has 6 atom stereocenters. The van der Waals surface area contributed by atoms with Crippen LogP contribution in [0.5, 0.6) is 0 Å². The molecule has 0 aromatic heterocycles. The van der Waals surface area contributed by atoms with Crippen molar-refractivity contribution in [2.75, 3.05) is 19.6 Å². The summed E-state index contributed by atoms with van der Waals surface area (Å²) in [5, 5.41) is 25.7. The molecule has 0 aromatic rings. The third-order valence-electron chi connectivity index (χ3n) is 8.71. The summed E-state index contributed by atoms with van der Waals surface area (Å²) in [5.41, 5.74) is 27.3. The SMILES string of the molecule is CC(=O)N[C@@H](CC(C)C)C(=O)N[C@@H](CC(C)C)C(=O)N[C@@H](CCCN=C(N)N)C(=O)N[C@H](C(=O)N[C@@H](CCCCN)C(=O)N[C@@H](CCCN=C(N)N)C(=O)O)C(C)C. The average Bonchev–Trinajstić information content (AvgIpc) is 3.10. The standard InChI is InChI=1S/C37H71N13O8/c1-20(2)18-27(45-23(7)51)32(54)49-28(19-21(3)4)33(55)46-25(13-10-16-43-36(39)40)31(53)50-29(22(5)6)34(56)47-24(12-8-9-15-38)30(52)48-26(35(57)58)14-11-17-44-37(41)42/h20-22,24-29H,8-19,38H2,1-7H3,(H,45,51)(H,46,55)(H,47,56)(H,48,52)(H,49,54)(H,50,53)(H,57,58)(H4,39,40,43)(H4,41,42,44)/t24-,25-,26-,27-,28-,29-/m0/s1. The van der Waals surface area contributed by atoms with Crippen LogP contribution in [-0.2, 0) is 33.6 Å². The number of nitrogens with zero attached hydrogens (tertiary/aromatic N) is 2. The van der Waals surface area contributed by atoms with E-state index >= 15 is 0 Å². The Labute approximate surface area is 342 Å². The second kappa shape index (κ2) is 28.2. The minimum Gasteiger partial charge on any atom is -0.480 e. The zero-order valence-corrected chi connectivity index (χ0v) is 35.3. The lowest BCUT2D eigenvalue weighted by Gasteiger charge is -2.29. The third-order valence-corrected chi connectivity index (χ3v) is 8.71. The molecule has 0 unspecified atom stereocenters. The Bertz CT molecular complexity index is 1400. The van der Waals surface area contributed by atoms with Gasteiger partial charge in [0.2, 0.25) is 35.4 Å². The van der Waals surface area contributed by atoms with Crippen molar-refractivity contribution in [2.45, 2.75) is 143 Å². The molecule has 0 rings (SSSR count). The summed E-state index contributed by atoms with van der Waals surface area (Å²) in [6.45, 7) is 12.7. The molecule has 0 radical (unpaired) electrons. The van der Waals surface area contributed by atoms with Gasteiger partial charge >= 0.3 is 5.97 Å². The molecule has 21 heteroatoms. The van der Waals surface area contributed by atoms with Crippen LogP contribution in [0, 0.1) is 17.8 Å². The first-order chi connectivity index (χ1) is 27.1. The van der Waals surface area contributed by atoms with E-state index in [9.17, 15) is 38.7 Å². The van der Waals surface area contributed by atoms with Gasteiger partial charge < -0.3 is 65.7 Å². The van der Waals surface area contributed by atoms with Crippen LogP contribution in [0.4, 0.5) is 0 Å². The van der Waals surface area contributed by atoms with Crippen molar-refractivity contribution < 1.29 is 38.7 Å². The molecule has 332 valence electrons. The van der Waals surface area contributed by atoms with Crippen LogP contribution in [0.2, 0.25) is 0 Å². The van der Waals surface area contributed by atoms with Gasteiger partial charge in [-0.05, 0) is 82.1 Å². The van der Waals surface area contributed by atoms with Gasteiger partial charge in [-0.2, -0.15) is 0 Å². The summed E-state index contributed by atoms with van der Waals surface area (Å²) < 4.78 is 0. The number of hydrogen-bond acceptors (Lipinski definition) is 10. The van der Waals surface area contributed by atoms with Gasteiger partial charge in [-0.15, -0.1) is 0 Å². The van der Waals surface area contributed by atoms with Crippen LogP contribution >= 0.6 is 0 Å². The Morgan fingerprint density at radius 2 is 0.897 bits per heavy atom. The number of rotatable bonds is 29. The summed E-state index contributed by atoms with van der Waals surface area (Å²) in [7, 11) is 0. The molecule has 58 heavy (non-hydrogen) atoms. The highest BCUT2D eigenvalue weighted by Crippen LogP contribution is 2.12. The van der Waals surface area contributed by atoms with E-state index in [0.29, 0.717) is 25.8 Å². The van der Waals surface area contributed by atoms with Crippen molar-refractivity contribution in [3.63, 3.8) is 0 Å². The van der Waals surface area contributed by atoms with E-state index in [1.54, 1.807) is 13.8 Å². The van der Waals surface area contributed by atoms with Crippen molar-refractivity contribution in [2.24, 2.45) is 56.4 Å². The summed E-state index contributed by atoms with van der Waals surface area (Å²) >= 11 is 0. The fourth-order valence-electron chi connectivity index (χ4n) is 5.81. The average molecular weight is 826 g/mol. The molecule has 0 aliphatic carbocycles. The van der Waals surface area contributed by atoms with E-state index < -0.39 is 83.6 Å². The molecular weight excluding hydrogens is 754 g/mol. The number of amides is 6. The number of guanidine groups is 2. The van der Waals surface area contributed by atoms with Gasteiger partial charge in [-0.3, -0.25) is 38.8 Å². The van der Waals surface area contributed by atoms with Crippen molar-refractivity contribution >= 4 is 53.3 Å². The Morgan fingerprint density at radius 1 is 0.517 bits per heavy atom. The van der Waals surface area contributed by atoms with Gasteiger partial charge in [0, 0.05) is 20.0 Å². The van der Waals surface area contributed by atoms with Crippen LogP contribution in [0.1, 0.15) is 106 Å². The number of hydrogen-bond donors (Lipinski definition) is 12. The van der Waals surface area contributed by atoms with Gasteiger partial charge in [0.15, 0.2) is 11.9 Å². The molecule has 0 fully saturated rings. The van der Waals surface area contributed by atoms with Crippen LogP contribution in [0.15, 0.2) is 9.98 Å². The maximum atomic E-state index is 14.0. The maximum Gasteiger partial charge on any atom is 0.326 e. The molecule has 21 nitrogen and oxygen atoms in total. The number of aliphatic imine (C=N–C) groups is 2. The predicted octanol–water partition coefficient (Wildman–Crippen LogP) is -2.02. The Hall–Kier alpha value is -5.21. The number of carbonyl (C=O) groups excluding carboxylic acids is 6. The number of aliphatic carboxylic acids is 1. The number of unbranched alkanes of at least 4 members (excludes halogenated alkanes) is 1. The van der Waals surface area contributed by atoms with Crippen molar-refractivity contribution in [3.8, 4) is 0 Å². The van der Waals surface area contributed by atoms with Crippen LogP contribution in [-0.4, -0.2) is 114 Å². The number of carboxylic acid groups (broad SMARTS) is 1. The Kier molecular flexibility index (Phi) is 25.7. The van der Waals surface area contributed by atoms with Gasteiger partial charge in [0.25, 0.3) is 0 Å². The molecular formula is C37H71N13O8. The quantitative estimate of drug-likeness (QED) is 0.0221. The van der Waals surface area contributed by atoms with Gasteiger partial charge in [-0.1, -0.05) is 41.5 Å². The molecule has 0 saturated carbocycles. The lowest BCUT2D eigenvalue weighted by atomic mass is 9.99. The van der Waals surface area contributed by atoms with E-state index in [2.05, 4.69) is 41.9 Å². The lowest BCUT2D eigenvalue weighted by Crippen LogP contribution is -2.60. The maximum absolute atomic E-state index is 14.0. The van der Waals surface area contributed by atoms with Crippen LogP contribution < -0.4 is 60.6 Å². The van der Waals surface area contributed by atoms with E-state index in [1.807, 2.05) is 27.7 Å². The number of nitrogens with one attached hydrogen (secondary N) is 6. The first-order valence-electron chi connectivity index (χ1n) is 19.9. The summed E-state index contributed by atoms with van der Waals surface area (Å²) in [6, 6.07) is -6.87. The molecule has 0 saturated heterocycles. The van der Waals surface area contributed by atoms with Crippen molar-refractivity contribution in [1.29, 1.82) is 0 Å². The van der Waals surface area contributed by atoms with Crippen LogP contribution in [0.25, 0.3) is 0 Å². The molecule has 0 aliphatic rings. The fraction of sp³-hybridized carbons (Fsp3) is 0.757. The zero-order chi connectivity index (χ0) is 44.5. The number of carbonyl (C=O) groups is 7. The third kappa shape index (κ3) is 23.1. The minimum atomic E-state index is -1.30. The first-order valence-corrected chi connectivity index (χ1v) is 19.9. The van der Waals surface area contributed by atoms with Gasteiger partial charge in [0.05, 0.1) is 0 Å². The lowest BCUT2D eigenvalue weighted by molar-refractivity contribution is -0.142. The van der Waals surface area contributed by atoms with Gasteiger partial charge in [-0.25, -0.2) is 4.79 Å². The predicted molar refractivity (Wildman–Crippen MR) is 221 cm³/mol. The monoisotopic (exact) mass is 826 g/mol. The smallest absolute Gasteiger partial charge is 0.326 e. The largest absolute Gasteiger partial charge is 0.480 e. The fourth-order valence-corrected chi connectivity index (χ4v) is 5.81. The molecule has 0 aliphatic heterocycles. The topological polar surface area (TPSA) is 367 Å². The van der Waals surface area contributed by atoms with E-state index in [1.165, 1.54) is 6.92 Å². The highest BCUT2D eigenvalue weighted by molar-refractivity contribution is 5.96. The highest BCUT2D eigenvalue weighted by atomic mass is 16.4. The normalized spacial score (nSPS) is 14.2. The van der Waals surface area contributed by atoms with E-state index in [4.69, 9.17) is 28.7 Å². The van der Waals surface area contributed by atoms with E-state index in [-0.39, 0.29) is 75.4 Å². The minimum absolute atomic E-state index is 0.0117. The molecule has 17 N–H and O–H groups in total. The highest BCUT2D eigenvalue weighted by Gasteiger charge is 2.34. The van der Waals surface area contributed by atoms with Crippen LogP contribution in [0.3, 0.4) is 0 Å². The molecule has 0 bridgehead atoms. The van der Waals surface area contributed by atoms with Crippen molar-refractivity contribution in [1.82, 2.24) is 31.9 Å². The Morgan fingerprint density at radius 3 is 1.31 bits per heavy atom. The molecule has 6 amide bonds. The summed E-state index contributed by atoms with van der Waals surface area (Å²) in [5.74, 6) is -5.95. The molecule has 0 heterocycles. The van der Waals surface area contributed by atoms with E-state index in [0.717, 1.165) is 0 Å². The second-order valence-electron chi connectivity index (χ2n) is 15.5. The summed E-state index contributed by atoms with van der Waals surface area (Å²) in [6.07, 6.45) is 2.16. The first kappa shape index (κ1) is 52.8. The Balaban J connectivity index is 6.38. The zero-order valence-electron chi connectivity index (χ0n) is 35.3. The molecule has 0 aromatic carbocycles. The van der Waals surface area contributed by atoms with Gasteiger partial charge in [0.1, 0.15) is 36.3 Å².